The lowest BCUT2D eigenvalue weighted by molar-refractivity contribution is 0.0980. The zero-order valence-corrected chi connectivity index (χ0v) is 68.0. The number of hydrogen-bond acceptors (Lipinski definition) is 22. The van der Waals surface area contributed by atoms with Crippen LogP contribution in [0.25, 0.3) is 0 Å². The number of primary sulfonamides is 5. The van der Waals surface area contributed by atoms with E-state index in [2.05, 4.69) is 10.3 Å². The molecule has 1 aromatic heterocycles. The lowest BCUT2D eigenvalue weighted by Gasteiger charge is -2.17. The van der Waals surface area contributed by atoms with Gasteiger partial charge in [0.2, 0.25) is 50.1 Å². The fourth-order valence-electron chi connectivity index (χ4n) is 13.0. The number of anilines is 1. The van der Waals surface area contributed by atoms with Crippen LogP contribution in [-0.4, -0.2) is 105 Å². The zero-order chi connectivity index (χ0) is 86.8. The van der Waals surface area contributed by atoms with Crippen LogP contribution >= 0.6 is 11.6 Å². The summed E-state index contributed by atoms with van der Waals surface area (Å²) in [6.45, 7) is 5.83. The number of amides is 1. The monoisotopic (exact) mass is 1720 g/mol. The number of aryl methyl sites for hydroxylation is 3. The number of ketones is 8. The Balaban J connectivity index is 0.000000157. The molecule has 9 aromatic carbocycles. The van der Waals surface area contributed by atoms with E-state index in [0.717, 1.165) is 52.8 Å². The predicted octanol–water partition coefficient (Wildman–Crippen LogP) is 10.8. The van der Waals surface area contributed by atoms with Crippen LogP contribution in [0.2, 0.25) is 5.02 Å². The molecule has 0 aliphatic heterocycles. The van der Waals surface area contributed by atoms with Crippen LogP contribution in [-0.2, 0) is 82.2 Å². The summed E-state index contributed by atoms with van der Waals surface area (Å²) >= 11 is 6.20. The van der Waals surface area contributed by atoms with Crippen molar-refractivity contribution >= 4 is 120 Å². The first-order valence-electron chi connectivity index (χ1n) is 35.5. The van der Waals surface area contributed by atoms with E-state index in [0.29, 0.717) is 39.5 Å². The second-order valence-electron chi connectivity index (χ2n) is 27.1. The molecular weight excluding hydrogens is 1650 g/mol. The van der Waals surface area contributed by atoms with Crippen molar-refractivity contribution in [2.24, 2.45) is 25.7 Å². The molecule has 1 amide bonds. The average Bonchev–Trinajstić information content (AvgIpc) is 0.775. The van der Waals surface area contributed by atoms with E-state index >= 15 is 0 Å². The highest BCUT2D eigenvalue weighted by Gasteiger charge is 2.36. The SMILES string of the molecule is CCCc1cc(O)cc(CC2=CC(=O)c3c(cccc3S(N)(=O)=O)C2=O)c1.Cc1ccc(CC2=CC(=O)c3c(cccc3S(N)(=O)=O)C2=O)c(Cl)c1.Cc1ccc(OC(=O)Nc2ccccc2S(N)(=O)=O)cc1.NS(=O)(=O)c1cccc2c1C(=O)C=C(Cc1ccccc1)C2=O.NS(=O)(=O)c1cccc2c1C(=O)C=C(Cc1cccnc1)C2=O. The highest BCUT2D eigenvalue weighted by atomic mass is 35.5. The molecular formula is C85H72ClN7O21S5. The zero-order valence-electron chi connectivity index (χ0n) is 63.1. The van der Waals surface area contributed by atoms with Crippen molar-refractivity contribution in [1.82, 2.24) is 4.98 Å². The van der Waals surface area contributed by atoms with Gasteiger partial charge in [0.15, 0.2) is 46.3 Å². The minimum atomic E-state index is -4.13. The third-order valence-electron chi connectivity index (χ3n) is 18.3. The maximum atomic E-state index is 12.8. The number of nitrogens with zero attached hydrogens (tertiary/aromatic N) is 1. The van der Waals surface area contributed by atoms with Gasteiger partial charge in [-0.1, -0.05) is 158 Å². The highest BCUT2D eigenvalue weighted by Crippen LogP contribution is 2.35. The van der Waals surface area contributed by atoms with Crippen LogP contribution in [0.4, 0.5) is 10.5 Å². The Morgan fingerprint density at radius 1 is 0.403 bits per heavy atom. The van der Waals surface area contributed by atoms with E-state index < -0.39 is 90.9 Å². The van der Waals surface area contributed by atoms with Gasteiger partial charge in [-0.2, -0.15) is 0 Å². The van der Waals surface area contributed by atoms with Crippen molar-refractivity contribution in [2.45, 2.75) is 83.8 Å². The van der Waals surface area contributed by atoms with Crippen LogP contribution in [0.3, 0.4) is 0 Å². The summed E-state index contributed by atoms with van der Waals surface area (Å²) in [4.78, 5) is 115. The summed E-state index contributed by atoms with van der Waals surface area (Å²) in [5, 5.41) is 38.4. The summed E-state index contributed by atoms with van der Waals surface area (Å²) in [6, 6.07) is 52.2. The predicted molar refractivity (Wildman–Crippen MR) is 441 cm³/mol. The number of fused-ring (bicyclic) bond motifs is 4. The normalized spacial score (nSPS) is 13.7. The number of phenolic OH excluding ortho intramolecular Hbond substituents is 1. The largest absolute Gasteiger partial charge is 0.508 e. The number of halogens is 1. The van der Waals surface area contributed by atoms with Crippen molar-refractivity contribution in [3.8, 4) is 11.5 Å². The maximum Gasteiger partial charge on any atom is 0.417 e. The molecule has 0 saturated carbocycles. The Morgan fingerprint density at radius 2 is 0.773 bits per heavy atom. The smallest absolute Gasteiger partial charge is 0.417 e. The molecule has 14 rings (SSSR count). The number of pyridine rings is 1. The molecule has 0 bridgehead atoms. The molecule has 0 unspecified atom stereocenters. The molecule has 10 aromatic rings. The Morgan fingerprint density at radius 3 is 1.18 bits per heavy atom. The van der Waals surface area contributed by atoms with Crippen molar-refractivity contribution < 1.29 is 95.1 Å². The summed E-state index contributed by atoms with van der Waals surface area (Å²) < 4.78 is 121. The van der Waals surface area contributed by atoms with Crippen molar-refractivity contribution in [3.05, 3.63) is 348 Å². The standard InChI is InChI=1S/C20H19NO5S.C18H14ClNO4S.C17H13NO4S.C16H12N2O4S.C14H14N2O4S/c1-2-4-12-7-13(10-15(22)9-12)8-14-11-17(23)19-16(20(14)24)5-3-6-18(19)27(21,25)26;1-10-5-6-11(14(19)7-10)8-12-9-15(21)17-13(18(12)22)3-2-4-16(17)25(20,23)24;18-23(21,22)15-8-4-7-13-16(15)14(19)10-12(17(13)20)9-11-5-2-1-3-6-11;17-23(21,22)14-5-1-4-12-15(14)13(19)8-11(16(12)20)7-10-3-2-6-18-9-10;1-10-6-8-11(9-7-10)20-14(17)16-12-4-2-3-5-13(12)21(15,18)19/h3,5-7,9-11,22H,2,4,8H2,1H3,(H2,21,25,26);2-7,9H,8H2,1H3,(H2,20,23,24);1-8,10H,9H2,(H2,18,21,22);1-6,8-9H,7H2,(H2,17,21,22);2-9H,1H3,(H,16,17)(H2,15,18,19). The third-order valence-corrected chi connectivity index (χ3v) is 23.4. The van der Waals surface area contributed by atoms with E-state index in [1.807, 2.05) is 63.2 Å². The Hall–Kier alpha value is -12.6. The molecule has 4 aliphatic carbocycles. The van der Waals surface area contributed by atoms with Crippen LogP contribution in [0.15, 0.2) is 284 Å². The fraction of sp³-hybridized carbons (Fsp3) is 0.106. The van der Waals surface area contributed by atoms with E-state index in [-0.39, 0.29) is 122 Å². The van der Waals surface area contributed by atoms with Gasteiger partial charge in [0, 0.05) is 87.6 Å². The number of para-hydroxylation sites is 1. The second kappa shape index (κ2) is 36.9. The number of Topliss-reactive ketones (excluding diaryl/α,β-unsaturated/α-hetero) is 4. The molecule has 34 heteroatoms. The Labute approximate surface area is 689 Å². The first-order chi connectivity index (χ1) is 56.0. The number of carbonyl (C=O) groups excluding carboxylic acids is 9. The molecule has 0 spiro atoms. The van der Waals surface area contributed by atoms with Crippen molar-refractivity contribution in [3.63, 3.8) is 0 Å². The van der Waals surface area contributed by atoms with Gasteiger partial charge < -0.3 is 9.84 Å². The minimum Gasteiger partial charge on any atom is -0.508 e. The number of benzene rings is 9. The number of hydrogen-bond donors (Lipinski definition) is 7. The molecule has 4 aliphatic rings. The maximum absolute atomic E-state index is 12.8. The molecule has 119 heavy (non-hydrogen) atoms. The Bertz CT molecular complexity index is 6470. The number of allylic oxidation sites excluding steroid dienone is 8. The van der Waals surface area contributed by atoms with Gasteiger partial charge in [-0.15, -0.1) is 0 Å². The third kappa shape index (κ3) is 22.0. The minimum absolute atomic E-state index is 0.0259. The van der Waals surface area contributed by atoms with Crippen molar-refractivity contribution in [1.29, 1.82) is 0 Å². The summed E-state index contributed by atoms with van der Waals surface area (Å²) in [7, 11) is -20.3. The summed E-state index contributed by atoms with van der Waals surface area (Å²) in [5.74, 6) is -3.29. The Kier molecular flexibility index (Phi) is 27.5. The second-order valence-corrected chi connectivity index (χ2v) is 35.2. The van der Waals surface area contributed by atoms with E-state index in [9.17, 15) is 90.3 Å². The molecule has 28 nitrogen and oxygen atoms in total. The molecule has 610 valence electrons. The average molecular weight is 1720 g/mol. The van der Waals surface area contributed by atoms with Gasteiger partial charge in [-0.25, -0.2) is 72.6 Å². The summed E-state index contributed by atoms with van der Waals surface area (Å²) in [5.41, 5.74) is 6.80. The van der Waals surface area contributed by atoms with Crippen molar-refractivity contribution in [2.75, 3.05) is 5.32 Å². The molecule has 12 N–H and O–H groups in total. The molecule has 0 radical (unpaired) electrons. The van der Waals surface area contributed by atoms with E-state index in [4.69, 9.17) is 42.0 Å². The fourth-order valence-corrected chi connectivity index (χ4v) is 17.0. The first kappa shape index (κ1) is 88.7. The topological polar surface area (TPSA) is 509 Å². The molecule has 0 atom stereocenters. The van der Waals surface area contributed by atoms with Crippen LogP contribution in [0, 0.1) is 13.8 Å². The van der Waals surface area contributed by atoms with Crippen LogP contribution < -0.4 is 35.7 Å². The van der Waals surface area contributed by atoms with Crippen LogP contribution in [0.1, 0.15) is 135 Å². The van der Waals surface area contributed by atoms with Gasteiger partial charge in [0.25, 0.3) is 0 Å². The van der Waals surface area contributed by atoms with Crippen LogP contribution in [0.5, 0.6) is 11.5 Å². The van der Waals surface area contributed by atoms with Gasteiger partial charge in [0.1, 0.15) is 16.4 Å². The number of rotatable bonds is 17. The number of sulfonamides is 5. The number of nitrogens with one attached hydrogen (secondary N) is 1. The first-order valence-corrected chi connectivity index (χ1v) is 43.6. The van der Waals surface area contributed by atoms with Gasteiger partial charge >= 0.3 is 6.09 Å². The number of nitrogens with two attached hydrogens (primary N) is 5. The quantitative estimate of drug-likeness (QED) is 0.0445. The lowest BCUT2D eigenvalue weighted by atomic mass is 9.86. The number of phenols is 1. The number of carbonyl (C=O) groups is 9. The van der Waals surface area contributed by atoms with Gasteiger partial charge in [0.05, 0.1) is 47.5 Å². The summed E-state index contributed by atoms with van der Waals surface area (Å²) in [6.07, 6.45) is 9.71. The highest BCUT2D eigenvalue weighted by molar-refractivity contribution is 7.90. The molecule has 1 heterocycles. The number of ether oxygens (including phenoxy) is 1. The number of aromatic nitrogens is 1. The molecule has 0 fully saturated rings. The van der Waals surface area contributed by atoms with Gasteiger partial charge in [-0.3, -0.25) is 48.7 Å². The van der Waals surface area contributed by atoms with E-state index in [1.54, 1.807) is 79.1 Å². The van der Waals surface area contributed by atoms with E-state index in [1.165, 1.54) is 103 Å². The molecule has 0 saturated heterocycles. The van der Waals surface area contributed by atoms with Gasteiger partial charge in [-0.05, 0) is 151 Å². The lowest BCUT2D eigenvalue weighted by Crippen LogP contribution is -2.23. The number of aromatic hydroxyl groups is 1.